The lowest BCUT2D eigenvalue weighted by molar-refractivity contribution is -0.256. The third-order valence-corrected chi connectivity index (χ3v) is 5.26. The second-order valence-corrected chi connectivity index (χ2v) is 8.52. The number of hydrogen-bond acceptors (Lipinski definition) is 4. The van der Waals surface area contributed by atoms with Crippen LogP contribution in [0.1, 0.15) is 50.9 Å². The van der Waals surface area contributed by atoms with E-state index < -0.39 is 0 Å². The highest BCUT2D eigenvalue weighted by Crippen LogP contribution is 2.38. The zero-order valence-electron chi connectivity index (χ0n) is 16.3. The van der Waals surface area contributed by atoms with Gasteiger partial charge in [-0.05, 0) is 63.1 Å². The maximum atomic E-state index is 12.6. The van der Waals surface area contributed by atoms with Gasteiger partial charge < -0.3 is 15.1 Å². The van der Waals surface area contributed by atoms with Crippen molar-refractivity contribution in [2.45, 2.75) is 57.7 Å². The van der Waals surface area contributed by atoms with Gasteiger partial charge in [0.05, 0.1) is 16.6 Å². The highest BCUT2D eigenvalue weighted by molar-refractivity contribution is 5.90. The van der Waals surface area contributed by atoms with Crippen LogP contribution in [0.4, 0.5) is 0 Å². The molecule has 1 fully saturated rings. The Labute approximate surface area is 160 Å². The molecular weight excluding hydrogens is 342 g/mol. The average Bonchev–Trinajstić information content (AvgIpc) is 2.60. The van der Waals surface area contributed by atoms with Gasteiger partial charge >= 0.3 is 5.97 Å². The van der Waals surface area contributed by atoms with E-state index in [-0.39, 0.29) is 28.9 Å². The van der Waals surface area contributed by atoms with Gasteiger partial charge in [0.2, 0.25) is 0 Å². The van der Waals surface area contributed by atoms with Crippen molar-refractivity contribution >= 4 is 5.97 Å². The van der Waals surface area contributed by atoms with E-state index in [1.807, 2.05) is 52.0 Å². The first-order valence-electron chi connectivity index (χ1n) is 9.20. The van der Waals surface area contributed by atoms with Crippen LogP contribution in [0.3, 0.4) is 0 Å². The SMILES string of the molecule is CC1(C)CC(OC(=O)c2ccc(-c3ccc(O)cc3)cc2)CC(C)(C)N1[OH2+]. The standard InChI is InChI=1S/C22H27NO4/c1-21(2)13-19(14-22(3,4)23(21)26)27-20(25)17-7-5-15(6-8-17)16-9-11-18(24)12-10-16/h5-12,19,24,26H,13-14H2,1-4H3/p+1. The van der Waals surface area contributed by atoms with Crippen LogP contribution in [0.2, 0.25) is 0 Å². The molecule has 0 saturated carbocycles. The minimum absolute atomic E-state index is 0.208. The number of nitrogens with zero attached hydrogens (tertiary/aromatic N) is 1. The number of hydroxylamine groups is 2. The Morgan fingerprint density at radius 3 is 1.89 bits per heavy atom. The van der Waals surface area contributed by atoms with Gasteiger partial charge in [-0.15, -0.1) is 0 Å². The molecule has 3 N–H and O–H groups in total. The van der Waals surface area contributed by atoms with Crippen molar-refractivity contribution in [2.24, 2.45) is 0 Å². The molecule has 2 aromatic carbocycles. The summed E-state index contributed by atoms with van der Waals surface area (Å²) in [6, 6.07) is 14.2. The summed E-state index contributed by atoms with van der Waals surface area (Å²) in [5.41, 5.74) is 1.75. The maximum Gasteiger partial charge on any atom is 0.338 e. The Hall–Kier alpha value is -2.37. The van der Waals surface area contributed by atoms with Crippen LogP contribution in [-0.4, -0.2) is 38.5 Å². The number of ether oxygens (including phenoxy) is 1. The van der Waals surface area contributed by atoms with Gasteiger partial charge in [0.15, 0.2) is 0 Å². The van der Waals surface area contributed by atoms with E-state index >= 15 is 0 Å². The Bertz CT molecular complexity index is 791. The molecule has 2 aromatic rings. The molecule has 1 saturated heterocycles. The lowest BCUT2D eigenvalue weighted by atomic mass is 9.80. The van der Waals surface area contributed by atoms with Gasteiger partial charge in [-0.2, -0.15) is 0 Å². The molecule has 0 radical (unpaired) electrons. The topological polar surface area (TPSA) is 72.7 Å². The quantitative estimate of drug-likeness (QED) is 0.657. The monoisotopic (exact) mass is 370 g/mol. The van der Waals surface area contributed by atoms with Crippen LogP contribution in [0.25, 0.3) is 11.1 Å². The third kappa shape index (κ3) is 4.15. The smallest absolute Gasteiger partial charge is 0.338 e. The van der Waals surface area contributed by atoms with Crippen molar-refractivity contribution in [3.8, 4) is 16.9 Å². The molecule has 0 atom stereocenters. The van der Waals surface area contributed by atoms with Gasteiger partial charge in [0, 0.05) is 12.8 Å². The molecule has 1 aliphatic rings. The second kappa shape index (κ2) is 6.98. The van der Waals surface area contributed by atoms with Crippen molar-refractivity contribution in [2.75, 3.05) is 0 Å². The Balaban J connectivity index is 1.70. The van der Waals surface area contributed by atoms with Crippen LogP contribution >= 0.6 is 0 Å². The number of carbonyl (C=O) groups is 1. The van der Waals surface area contributed by atoms with Crippen molar-refractivity contribution in [1.29, 1.82) is 0 Å². The number of rotatable bonds is 3. The molecule has 5 heteroatoms. The first-order chi connectivity index (χ1) is 12.6. The number of phenolic OH excluding ortho intramolecular Hbond substituents is 1. The number of piperidine rings is 1. The first kappa shape index (κ1) is 19.4. The van der Waals surface area contributed by atoms with Gasteiger partial charge in [-0.25, -0.2) is 4.79 Å². The number of carbonyl (C=O) groups excluding carboxylic acids is 1. The van der Waals surface area contributed by atoms with Crippen LogP contribution in [-0.2, 0) is 4.74 Å². The lowest BCUT2D eigenvalue weighted by Crippen LogP contribution is -2.60. The van der Waals surface area contributed by atoms with E-state index in [1.165, 1.54) is 0 Å². The van der Waals surface area contributed by atoms with Gasteiger partial charge in [-0.1, -0.05) is 29.3 Å². The van der Waals surface area contributed by atoms with Crippen molar-refractivity contribution < 1.29 is 19.8 Å². The van der Waals surface area contributed by atoms with Crippen LogP contribution in [0.15, 0.2) is 48.5 Å². The minimum Gasteiger partial charge on any atom is -0.508 e. The third-order valence-electron chi connectivity index (χ3n) is 5.26. The Morgan fingerprint density at radius 2 is 1.41 bits per heavy atom. The summed E-state index contributed by atoms with van der Waals surface area (Å²) in [6.45, 7) is 8.03. The minimum atomic E-state index is -0.352. The predicted molar refractivity (Wildman–Crippen MR) is 106 cm³/mol. The molecule has 1 aliphatic heterocycles. The summed E-state index contributed by atoms with van der Waals surface area (Å²) in [7, 11) is 0. The fourth-order valence-electron chi connectivity index (χ4n) is 3.94. The fourth-order valence-corrected chi connectivity index (χ4v) is 3.94. The van der Waals surface area contributed by atoms with Gasteiger partial charge in [0.1, 0.15) is 11.9 Å². The van der Waals surface area contributed by atoms with Gasteiger partial charge in [0.25, 0.3) is 0 Å². The van der Waals surface area contributed by atoms with E-state index in [1.54, 1.807) is 29.3 Å². The zero-order valence-corrected chi connectivity index (χ0v) is 16.3. The van der Waals surface area contributed by atoms with E-state index in [0.29, 0.717) is 18.4 Å². The van der Waals surface area contributed by atoms with E-state index in [0.717, 1.165) is 11.1 Å². The van der Waals surface area contributed by atoms with Crippen LogP contribution in [0.5, 0.6) is 5.75 Å². The van der Waals surface area contributed by atoms with Crippen molar-refractivity contribution in [3.63, 3.8) is 0 Å². The average molecular weight is 370 g/mol. The summed E-state index contributed by atoms with van der Waals surface area (Å²) >= 11 is 0. The Kier molecular flexibility index (Phi) is 5.02. The molecule has 0 aromatic heterocycles. The van der Waals surface area contributed by atoms with E-state index in [2.05, 4.69) is 0 Å². The summed E-state index contributed by atoms with van der Waals surface area (Å²) in [5.74, 6) is -0.106. The molecule has 27 heavy (non-hydrogen) atoms. The normalized spacial score (nSPS) is 19.6. The number of esters is 1. The van der Waals surface area contributed by atoms with Gasteiger partial charge in [-0.3, -0.25) is 0 Å². The highest BCUT2D eigenvalue weighted by atomic mass is 16.5. The van der Waals surface area contributed by atoms with E-state index in [4.69, 9.17) is 9.94 Å². The molecule has 1 heterocycles. The summed E-state index contributed by atoms with van der Waals surface area (Å²) in [5, 5.41) is 19.3. The summed E-state index contributed by atoms with van der Waals surface area (Å²) in [6.07, 6.45) is 1.06. The number of phenols is 1. The predicted octanol–water partition coefficient (Wildman–Crippen LogP) is 3.88. The molecule has 5 nitrogen and oxygen atoms in total. The van der Waals surface area contributed by atoms with Crippen molar-refractivity contribution in [1.82, 2.24) is 5.06 Å². The number of aromatic hydroxyl groups is 1. The largest absolute Gasteiger partial charge is 0.508 e. The van der Waals surface area contributed by atoms with Crippen LogP contribution in [0, 0.1) is 0 Å². The van der Waals surface area contributed by atoms with E-state index in [9.17, 15) is 9.90 Å². The van der Waals surface area contributed by atoms with Crippen LogP contribution < -0.4 is 0 Å². The first-order valence-corrected chi connectivity index (χ1v) is 9.20. The second-order valence-electron chi connectivity index (χ2n) is 8.52. The molecule has 0 spiro atoms. The molecule has 0 bridgehead atoms. The molecule has 0 aliphatic carbocycles. The maximum absolute atomic E-state index is 12.6. The molecule has 144 valence electrons. The molecular formula is C22H28NO4+. The number of benzene rings is 2. The summed E-state index contributed by atoms with van der Waals surface area (Å²) < 4.78 is 5.78. The lowest BCUT2D eigenvalue weighted by Gasteiger charge is -2.47. The molecule has 0 amide bonds. The summed E-state index contributed by atoms with van der Waals surface area (Å²) in [4.78, 5) is 12.6. The molecule has 3 rings (SSSR count). The Morgan fingerprint density at radius 1 is 0.963 bits per heavy atom. The van der Waals surface area contributed by atoms with Crippen molar-refractivity contribution in [3.05, 3.63) is 54.1 Å². The molecule has 0 unspecified atom stereocenters. The highest BCUT2D eigenvalue weighted by Gasteiger charge is 2.49. The zero-order chi connectivity index (χ0) is 19.8. The number of hydrogen-bond donors (Lipinski definition) is 1. The fraction of sp³-hybridized carbons (Fsp3) is 0.409.